The second-order valence-corrected chi connectivity index (χ2v) is 7.88. The molecule has 2 aromatic heterocycles. The lowest BCUT2D eigenvalue weighted by molar-refractivity contribution is 0.381. The highest BCUT2D eigenvalue weighted by molar-refractivity contribution is 9.10. The number of sulfonamides is 1. The quantitative estimate of drug-likeness (QED) is 0.791. The van der Waals surface area contributed by atoms with E-state index in [1.165, 1.54) is 10.6 Å². The van der Waals surface area contributed by atoms with Crippen LogP contribution in [0.3, 0.4) is 0 Å². The Morgan fingerprint density at radius 3 is 2.64 bits per heavy atom. The van der Waals surface area contributed by atoms with Gasteiger partial charge < -0.3 is 9.42 Å². The SMILES string of the molecule is O=S(=O)(Cc1ccon1)N1CCN(c2cncc(Br)c2)CC1. The van der Waals surface area contributed by atoms with Crippen LogP contribution in [-0.4, -0.2) is 49.0 Å². The lowest BCUT2D eigenvalue weighted by Gasteiger charge is -2.35. The Balaban J connectivity index is 1.64. The fraction of sp³-hybridized carbons (Fsp3) is 0.385. The molecule has 0 atom stereocenters. The van der Waals surface area contributed by atoms with Crippen LogP contribution >= 0.6 is 15.9 Å². The monoisotopic (exact) mass is 386 g/mol. The van der Waals surface area contributed by atoms with Gasteiger partial charge in [-0.05, 0) is 22.0 Å². The van der Waals surface area contributed by atoms with E-state index in [2.05, 4.69) is 35.5 Å². The molecule has 3 rings (SSSR count). The van der Waals surface area contributed by atoms with Gasteiger partial charge in [-0.1, -0.05) is 5.16 Å². The normalized spacial score (nSPS) is 16.9. The number of halogens is 1. The maximum absolute atomic E-state index is 12.4. The molecule has 0 unspecified atom stereocenters. The van der Waals surface area contributed by atoms with Crippen LogP contribution in [0.5, 0.6) is 0 Å². The summed E-state index contributed by atoms with van der Waals surface area (Å²) in [5, 5.41) is 3.66. The summed E-state index contributed by atoms with van der Waals surface area (Å²) < 4.78 is 31.8. The van der Waals surface area contributed by atoms with Crippen LogP contribution in [0.15, 0.2) is 39.8 Å². The molecular formula is C13H15BrN4O3S. The summed E-state index contributed by atoms with van der Waals surface area (Å²) in [6.45, 7) is 2.17. The third-order valence-electron chi connectivity index (χ3n) is 3.51. The Morgan fingerprint density at radius 2 is 2.00 bits per heavy atom. The van der Waals surface area contributed by atoms with E-state index in [4.69, 9.17) is 0 Å². The van der Waals surface area contributed by atoms with Gasteiger partial charge in [-0.3, -0.25) is 4.98 Å². The van der Waals surface area contributed by atoms with Crippen molar-refractivity contribution >= 4 is 31.6 Å². The van der Waals surface area contributed by atoms with Crippen LogP contribution in [0.4, 0.5) is 5.69 Å². The molecule has 0 radical (unpaired) electrons. The first kappa shape index (κ1) is 15.4. The first-order chi connectivity index (χ1) is 10.5. The molecule has 0 bridgehead atoms. The topological polar surface area (TPSA) is 79.5 Å². The van der Waals surface area contributed by atoms with Crippen molar-refractivity contribution in [2.45, 2.75) is 5.75 Å². The minimum atomic E-state index is -3.36. The van der Waals surface area contributed by atoms with Crippen molar-refractivity contribution in [3.63, 3.8) is 0 Å². The second-order valence-electron chi connectivity index (χ2n) is 4.99. The maximum Gasteiger partial charge on any atom is 0.220 e. The highest BCUT2D eigenvalue weighted by Gasteiger charge is 2.28. The molecule has 2 aromatic rings. The van der Waals surface area contributed by atoms with Gasteiger partial charge in [-0.2, -0.15) is 4.31 Å². The number of pyridine rings is 1. The molecule has 0 aromatic carbocycles. The second kappa shape index (κ2) is 6.35. The summed E-state index contributed by atoms with van der Waals surface area (Å²) >= 11 is 3.39. The largest absolute Gasteiger partial charge is 0.368 e. The van der Waals surface area contributed by atoms with E-state index in [9.17, 15) is 8.42 Å². The predicted octanol–water partition coefficient (Wildman–Crippen LogP) is 1.48. The molecule has 1 saturated heterocycles. The zero-order valence-corrected chi connectivity index (χ0v) is 14.1. The fourth-order valence-corrected chi connectivity index (χ4v) is 4.17. The van der Waals surface area contributed by atoms with Crippen LogP contribution in [0.2, 0.25) is 0 Å². The molecule has 1 aliphatic heterocycles. The minimum Gasteiger partial charge on any atom is -0.368 e. The number of piperazine rings is 1. The molecule has 22 heavy (non-hydrogen) atoms. The Hall–Kier alpha value is -1.45. The van der Waals surface area contributed by atoms with E-state index in [0.717, 1.165) is 10.2 Å². The lowest BCUT2D eigenvalue weighted by Crippen LogP contribution is -2.49. The van der Waals surface area contributed by atoms with Gasteiger partial charge in [0.25, 0.3) is 0 Å². The molecule has 0 amide bonds. The number of aromatic nitrogens is 2. The van der Waals surface area contributed by atoms with Crippen LogP contribution < -0.4 is 4.90 Å². The molecular weight excluding hydrogens is 372 g/mol. The molecule has 118 valence electrons. The number of anilines is 1. The molecule has 9 heteroatoms. The van der Waals surface area contributed by atoms with Crippen molar-refractivity contribution in [3.05, 3.63) is 41.0 Å². The van der Waals surface area contributed by atoms with Crippen LogP contribution in [0, 0.1) is 0 Å². The van der Waals surface area contributed by atoms with Gasteiger partial charge in [0, 0.05) is 42.9 Å². The Labute approximate surface area is 137 Å². The zero-order valence-electron chi connectivity index (χ0n) is 11.7. The molecule has 0 aliphatic carbocycles. The van der Waals surface area contributed by atoms with Gasteiger partial charge in [0.1, 0.15) is 12.0 Å². The Morgan fingerprint density at radius 1 is 1.23 bits per heavy atom. The number of hydrogen-bond donors (Lipinski definition) is 0. The third-order valence-corrected chi connectivity index (χ3v) is 5.76. The van der Waals surface area contributed by atoms with Crippen LogP contribution in [0.1, 0.15) is 5.69 Å². The fourth-order valence-electron chi connectivity index (χ4n) is 2.39. The highest BCUT2D eigenvalue weighted by atomic mass is 79.9. The van der Waals surface area contributed by atoms with E-state index < -0.39 is 10.0 Å². The third kappa shape index (κ3) is 3.47. The number of nitrogens with zero attached hydrogens (tertiary/aromatic N) is 4. The van der Waals surface area contributed by atoms with E-state index >= 15 is 0 Å². The molecule has 1 aliphatic rings. The minimum absolute atomic E-state index is 0.123. The summed E-state index contributed by atoms with van der Waals surface area (Å²) in [7, 11) is -3.36. The molecule has 7 nitrogen and oxygen atoms in total. The molecule has 1 fully saturated rings. The van der Waals surface area contributed by atoms with Gasteiger partial charge in [-0.15, -0.1) is 0 Å². The van der Waals surface area contributed by atoms with Crippen LogP contribution in [-0.2, 0) is 15.8 Å². The summed E-state index contributed by atoms with van der Waals surface area (Å²) in [5.41, 5.74) is 1.42. The van der Waals surface area contributed by atoms with Gasteiger partial charge in [0.2, 0.25) is 10.0 Å². The average molecular weight is 387 g/mol. The summed E-state index contributed by atoms with van der Waals surface area (Å²) in [5.74, 6) is -0.123. The highest BCUT2D eigenvalue weighted by Crippen LogP contribution is 2.21. The van der Waals surface area contributed by atoms with Crippen molar-refractivity contribution in [2.24, 2.45) is 0 Å². The van der Waals surface area contributed by atoms with Crippen molar-refractivity contribution < 1.29 is 12.9 Å². The first-order valence-electron chi connectivity index (χ1n) is 6.77. The molecule has 0 N–H and O–H groups in total. The number of rotatable bonds is 4. The summed E-state index contributed by atoms with van der Waals surface area (Å²) in [6.07, 6.45) is 4.88. The summed E-state index contributed by atoms with van der Waals surface area (Å²) in [4.78, 5) is 6.26. The Kier molecular flexibility index (Phi) is 4.46. The van der Waals surface area contributed by atoms with Crippen molar-refractivity contribution in [1.29, 1.82) is 0 Å². The van der Waals surface area contributed by atoms with Gasteiger partial charge in [-0.25, -0.2) is 8.42 Å². The van der Waals surface area contributed by atoms with E-state index in [-0.39, 0.29) is 5.75 Å². The molecule has 0 saturated carbocycles. The van der Waals surface area contributed by atoms with Crippen molar-refractivity contribution in [3.8, 4) is 0 Å². The van der Waals surface area contributed by atoms with Crippen molar-refractivity contribution in [1.82, 2.24) is 14.4 Å². The Bertz CT molecular complexity index is 728. The average Bonchev–Trinajstić information content (AvgIpc) is 2.99. The standard InChI is InChI=1S/C13H15BrN4O3S/c14-11-7-13(9-15-8-11)17-2-4-18(5-3-17)22(19,20)10-12-1-6-21-16-12/h1,6-9H,2-5,10H2. The van der Waals surface area contributed by atoms with Crippen molar-refractivity contribution in [2.75, 3.05) is 31.1 Å². The molecule has 0 spiro atoms. The van der Waals surface area contributed by atoms with E-state index in [1.54, 1.807) is 18.5 Å². The van der Waals surface area contributed by atoms with Crippen LogP contribution in [0.25, 0.3) is 0 Å². The van der Waals surface area contributed by atoms with Gasteiger partial charge in [0.05, 0.1) is 17.6 Å². The maximum atomic E-state index is 12.4. The first-order valence-corrected chi connectivity index (χ1v) is 9.17. The lowest BCUT2D eigenvalue weighted by atomic mass is 10.3. The summed E-state index contributed by atoms with van der Waals surface area (Å²) in [6, 6.07) is 3.55. The van der Waals surface area contributed by atoms with Gasteiger partial charge in [0.15, 0.2) is 0 Å². The van der Waals surface area contributed by atoms with Gasteiger partial charge >= 0.3 is 0 Å². The smallest absolute Gasteiger partial charge is 0.220 e. The predicted molar refractivity (Wildman–Crippen MR) is 84.8 cm³/mol. The zero-order chi connectivity index (χ0) is 15.6. The van der Waals surface area contributed by atoms with E-state index in [0.29, 0.717) is 31.9 Å². The number of hydrogen-bond acceptors (Lipinski definition) is 6. The molecule has 3 heterocycles. The van der Waals surface area contributed by atoms with E-state index in [1.807, 2.05) is 6.07 Å².